The molecule has 1 aliphatic heterocycles. The maximum atomic E-state index is 12.7. The average molecular weight is 302 g/mol. The van der Waals surface area contributed by atoms with E-state index in [9.17, 15) is 13.2 Å². The molecule has 0 aliphatic carbocycles. The van der Waals surface area contributed by atoms with E-state index >= 15 is 0 Å². The van der Waals surface area contributed by atoms with Gasteiger partial charge in [0.25, 0.3) is 0 Å². The van der Waals surface area contributed by atoms with Crippen molar-refractivity contribution in [3.63, 3.8) is 0 Å². The Labute approximate surface area is 120 Å². The maximum Gasteiger partial charge on any atom is 0.433 e. The molecule has 1 aliphatic rings. The Kier molecular flexibility index (Phi) is 4.36. The SMILES string of the molecule is CN1CCC(Oc2nc(C(F)(F)F)ccc2C(=N)N)CC1. The molecule has 0 aromatic carbocycles. The molecule has 8 heteroatoms. The highest BCUT2D eigenvalue weighted by molar-refractivity contribution is 5.97. The van der Waals surface area contributed by atoms with Crippen LogP contribution in [0.4, 0.5) is 13.2 Å². The quantitative estimate of drug-likeness (QED) is 0.660. The molecular formula is C13H17F3N4O. The van der Waals surface area contributed by atoms with Crippen LogP contribution in [0.25, 0.3) is 0 Å². The minimum Gasteiger partial charge on any atom is -0.474 e. The lowest BCUT2D eigenvalue weighted by molar-refractivity contribution is -0.141. The molecule has 5 nitrogen and oxygen atoms in total. The molecule has 1 fully saturated rings. The van der Waals surface area contributed by atoms with Crippen LogP contribution in [-0.4, -0.2) is 42.0 Å². The van der Waals surface area contributed by atoms with E-state index in [-0.39, 0.29) is 23.4 Å². The summed E-state index contributed by atoms with van der Waals surface area (Å²) in [5.41, 5.74) is 4.41. The smallest absolute Gasteiger partial charge is 0.433 e. The van der Waals surface area contributed by atoms with Crippen molar-refractivity contribution in [3.8, 4) is 5.88 Å². The zero-order valence-corrected chi connectivity index (χ0v) is 11.6. The van der Waals surface area contributed by atoms with Gasteiger partial charge in [-0.15, -0.1) is 0 Å². The summed E-state index contributed by atoms with van der Waals surface area (Å²) in [7, 11) is 1.97. The van der Waals surface area contributed by atoms with Crippen molar-refractivity contribution in [2.75, 3.05) is 20.1 Å². The highest BCUT2D eigenvalue weighted by Crippen LogP contribution is 2.31. The number of nitrogens with one attached hydrogen (secondary N) is 1. The standard InChI is InChI=1S/C13H17F3N4O/c1-20-6-4-8(5-7-20)21-12-9(11(17)18)2-3-10(19-12)13(14,15)16/h2-3,8H,4-7H2,1H3,(H3,17,18). The summed E-state index contributed by atoms with van der Waals surface area (Å²) in [4.78, 5) is 5.61. The van der Waals surface area contributed by atoms with Crippen molar-refractivity contribution in [2.45, 2.75) is 25.1 Å². The maximum absolute atomic E-state index is 12.7. The fraction of sp³-hybridized carbons (Fsp3) is 0.538. The van der Waals surface area contributed by atoms with Gasteiger partial charge in [0.05, 0.1) is 5.56 Å². The molecule has 2 rings (SSSR count). The van der Waals surface area contributed by atoms with Crippen LogP contribution in [0.3, 0.4) is 0 Å². The Hall–Kier alpha value is -1.83. The zero-order chi connectivity index (χ0) is 15.6. The number of amidine groups is 1. The summed E-state index contributed by atoms with van der Waals surface area (Å²) in [6.45, 7) is 1.61. The van der Waals surface area contributed by atoms with E-state index in [2.05, 4.69) is 9.88 Å². The number of hydrogen-bond donors (Lipinski definition) is 2. The number of nitrogens with zero attached hydrogens (tertiary/aromatic N) is 2. The number of likely N-dealkylation sites (tertiary alicyclic amines) is 1. The van der Waals surface area contributed by atoms with Gasteiger partial charge in [-0.05, 0) is 32.0 Å². The van der Waals surface area contributed by atoms with Crippen molar-refractivity contribution in [1.82, 2.24) is 9.88 Å². The van der Waals surface area contributed by atoms with Crippen LogP contribution in [-0.2, 0) is 6.18 Å². The van der Waals surface area contributed by atoms with Gasteiger partial charge in [-0.25, -0.2) is 4.98 Å². The molecule has 0 saturated carbocycles. The molecule has 21 heavy (non-hydrogen) atoms. The first-order chi connectivity index (χ1) is 9.77. The van der Waals surface area contributed by atoms with Crippen LogP contribution in [0.5, 0.6) is 5.88 Å². The fourth-order valence-electron chi connectivity index (χ4n) is 2.15. The second kappa shape index (κ2) is 5.88. The van der Waals surface area contributed by atoms with Crippen molar-refractivity contribution in [1.29, 1.82) is 5.41 Å². The average Bonchev–Trinajstić information content (AvgIpc) is 2.40. The number of nitrogen functional groups attached to an aromatic ring is 1. The molecule has 1 aromatic heterocycles. The summed E-state index contributed by atoms with van der Waals surface area (Å²) in [5.74, 6) is -0.578. The molecule has 116 valence electrons. The predicted molar refractivity (Wildman–Crippen MR) is 71.4 cm³/mol. The lowest BCUT2D eigenvalue weighted by atomic mass is 10.1. The summed E-state index contributed by atoms with van der Waals surface area (Å²) in [6.07, 6.45) is -3.37. The third-order valence-corrected chi connectivity index (χ3v) is 3.38. The van der Waals surface area contributed by atoms with E-state index in [1.165, 1.54) is 0 Å². The van der Waals surface area contributed by atoms with Gasteiger partial charge in [0.1, 0.15) is 17.6 Å². The molecule has 0 amide bonds. The Morgan fingerprint density at radius 3 is 2.52 bits per heavy atom. The Balaban J connectivity index is 2.24. The van der Waals surface area contributed by atoms with Crippen LogP contribution < -0.4 is 10.5 Å². The first kappa shape index (κ1) is 15.6. The van der Waals surface area contributed by atoms with E-state index in [0.29, 0.717) is 12.8 Å². The highest BCUT2D eigenvalue weighted by Gasteiger charge is 2.34. The zero-order valence-electron chi connectivity index (χ0n) is 11.6. The lowest BCUT2D eigenvalue weighted by Gasteiger charge is -2.29. The Morgan fingerprint density at radius 2 is 2.00 bits per heavy atom. The monoisotopic (exact) mass is 302 g/mol. The molecule has 0 unspecified atom stereocenters. The molecular weight excluding hydrogens is 285 g/mol. The number of halogens is 3. The van der Waals surface area contributed by atoms with E-state index < -0.39 is 11.9 Å². The van der Waals surface area contributed by atoms with Crippen LogP contribution in [0, 0.1) is 5.41 Å². The number of aromatic nitrogens is 1. The lowest BCUT2D eigenvalue weighted by Crippen LogP contribution is -2.36. The van der Waals surface area contributed by atoms with Gasteiger partial charge < -0.3 is 15.4 Å². The third-order valence-electron chi connectivity index (χ3n) is 3.38. The first-order valence-corrected chi connectivity index (χ1v) is 6.55. The number of ether oxygens (including phenoxy) is 1. The molecule has 0 spiro atoms. The number of nitrogens with two attached hydrogens (primary N) is 1. The van der Waals surface area contributed by atoms with Crippen LogP contribution in [0.15, 0.2) is 12.1 Å². The van der Waals surface area contributed by atoms with Gasteiger partial charge >= 0.3 is 6.18 Å². The number of piperidine rings is 1. The Bertz CT molecular complexity index is 525. The van der Waals surface area contributed by atoms with Crippen molar-refractivity contribution >= 4 is 5.84 Å². The van der Waals surface area contributed by atoms with E-state index in [0.717, 1.165) is 25.2 Å². The predicted octanol–water partition coefficient (Wildman–Crippen LogP) is 1.86. The number of rotatable bonds is 3. The minimum absolute atomic E-state index is 0.0851. The van der Waals surface area contributed by atoms with Gasteiger partial charge in [0, 0.05) is 13.1 Å². The molecule has 0 radical (unpaired) electrons. The normalized spacial score (nSPS) is 17.7. The molecule has 1 saturated heterocycles. The van der Waals surface area contributed by atoms with E-state index in [1.54, 1.807) is 0 Å². The second-order valence-corrected chi connectivity index (χ2v) is 5.08. The molecule has 2 heterocycles. The van der Waals surface area contributed by atoms with Gasteiger partial charge in [-0.3, -0.25) is 5.41 Å². The number of hydrogen-bond acceptors (Lipinski definition) is 4. The van der Waals surface area contributed by atoms with Crippen LogP contribution >= 0.6 is 0 Å². The van der Waals surface area contributed by atoms with Crippen LogP contribution in [0.2, 0.25) is 0 Å². The Morgan fingerprint density at radius 1 is 1.38 bits per heavy atom. The van der Waals surface area contributed by atoms with Gasteiger partial charge in [0.2, 0.25) is 5.88 Å². The summed E-state index contributed by atoms with van der Waals surface area (Å²) >= 11 is 0. The van der Waals surface area contributed by atoms with E-state index in [1.807, 2.05) is 7.05 Å². The van der Waals surface area contributed by atoms with E-state index in [4.69, 9.17) is 15.9 Å². The largest absolute Gasteiger partial charge is 0.474 e. The summed E-state index contributed by atoms with van der Waals surface area (Å²) < 4.78 is 43.7. The third kappa shape index (κ3) is 3.84. The molecule has 3 N–H and O–H groups in total. The van der Waals surface area contributed by atoms with Gasteiger partial charge in [0.15, 0.2) is 0 Å². The highest BCUT2D eigenvalue weighted by atomic mass is 19.4. The fourth-order valence-corrected chi connectivity index (χ4v) is 2.15. The number of alkyl halides is 3. The second-order valence-electron chi connectivity index (χ2n) is 5.08. The molecule has 0 atom stereocenters. The van der Waals surface area contributed by atoms with Gasteiger partial charge in [-0.2, -0.15) is 13.2 Å². The van der Waals surface area contributed by atoms with Gasteiger partial charge in [-0.1, -0.05) is 0 Å². The number of pyridine rings is 1. The molecule has 1 aromatic rings. The minimum atomic E-state index is -4.56. The topological polar surface area (TPSA) is 75.2 Å². The van der Waals surface area contributed by atoms with Crippen LogP contribution in [0.1, 0.15) is 24.1 Å². The summed E-state index contributed by atoms with van der Waals surface area (Å²) in [5, 5.41) is 7.42. The molecule has 0 bridgehead atoms. The van der Waals surface area contributed by atoms with Crippen molar-refractivity contribution in [3.05, 3.63) is 23.4 Å². The van der Waals surface area contributed by atoms with Crippen molar-refractivity contribution in [2.24, 2.45) is 5.73 Å². The van der Waals surface area contributed by atoms with Crippen molar-refractivity contribution < 1.29 is 17.9 Å². The first-order valence-electron chi connectivity index (χ1n) is 6.55. The summed E-state index contributed by atoms with van der Waals surface area (Å²) in [6, 6.07) is 1.93.